The van der Waals surface area contributed by atoms with E-state index in [-0.39, 0.29) is 25.7 Å². The first-order valence-corrected chi connectivity index (χ1v) is 37.2. The zero-order valence-electron chi connectivity index (χ0n) is 55.2. The van der Waals surface area contributed by atoms with Gasteiger partial charge in [0.25, 0.3) is 0 Å². The average molecular weight is 1260 g/mol. The maximum absolute atomic E-state index is 13.0. The highest BCUT2D eigenvalue weighted by Gasteiger charge is 2.30. The van der Waals surface area contributed by atoms with E-state index in [1.807, 2.05) is 0 Å². The van der Waals surface area contributed by atoms with Crippen LogP contribution in [0, 0.1) is 23.7 Å². The van der Waals surface area contributed by atoms with Crippen LogP contribution in [0.5, 0.6) is 0 Å². The summed E-state index contributed by atoms with van der Waals surface area (Å²) < 4.78 is 68.0. The number of aliphatic hydroxyl groups is 1. The molecule has 0 radical (unpaired) electrons. The van der Waals surface area contributed by atoms with Gasteiger partial charge in [0.2, 0.25) is 0 Å². The van der Waals surface area contributed by atoms with Gasteiger partial charge in [0.1, 0.15) is 19.3 Å². The highest BCUT2D eigenvalue weighted by molar-refractivity contribution is 7.47. The minimum atomic E-state index is -4.95. The standard InChI is InChI=1S/C66H128O17P2/c1-56(2)42-34-26-18-13-11-9-10-12-14-21-30-38-46-63(68)76-52-61(82-65(70)48-40-32-23-17-20-28-36-44-58(5)6)54-80-84(72,73)78-50-60(67)51-79-85(74,75)81-55-62(83-66(71)49-41-33-25-24-29-37-45-59(7)8)53-77-64(69)47-39-31-22-16-15-19-27-35-43-57(3)4/h56-62,67H,9-55H2,1-8H3,(H,72,73)(H,74,75)/t60?,61-,62-/m1/s1. The molecule has 0 saturated heterocycles. The number of phosphoric acid groups is 2. The summed E-state index contributed by atoms with van der Waals surface area (Å²) in [5.41, 5.74) is 0. The Morgan fingerprint density at radius 3 is 0.729 bits per heavy atom. The summed E-state index contributed by atoms with van der Waals surface area (Å²) in [5.74, 6) is 0.732. The Balaban J connectivity index is 5.21. The van der Waals surface area contributed by atoms with Crippen molar-refractivity contribution in [3.05, 3.63) is 0 Å². The predicted octanol–water partition coefficient (Wildman–Crippen LogP) is 18.1. The molecule has 0 saturated carbocycles. The van der Waals surface area contributed by atoms with E-state index in [2.05, 4.69) is 55.4 Å². The van der Waals surface area contributed by atoms with E-state index in [1.54, 1.807) is 0 Å². The Morgan fingerprint density at radius 1 is 0.294 bits per heavy atom. The summed E-state index contributed by atoms with van der Waals surface area (Å²) in [7, 11) is -9.89. The van der Waals surface area contributed by atoms with Crippen LogP contribution in [0.3, 0.4) is 0 Å². The number of rotatable bonds is 63. The second-order valence-corrected chi connectivity index (χ2v) is 28.7. The van der Waals surface area contributed by atoms with Crippen molar-refractivity contribution >= 4 is 39.5 Å². The molecular formula is C66H128O17P2. The third kappa shape index (κ3) is 60.7. The summed E-state index contributed by atoms with van der Waals surface area (Å²) in [6, 6.07) is 0. The molecule has 0 amide bonds. The number of esters is 4. The van der Waals surface area contributed by atoms with Crippen LogP contribution in [0.4, 0.5) is 0 Å². The van der Waals surface area contributed by atoms with E-state index in [4.69, 9.17) is 37.0 Å². The molecule has 0 heterocycles. The molecule has 3 N–H and O–H groups in total. The topological polar surface area (TPSA) is 237 Å². The third-order valence-corrected chi connectivity index (χ3v) is 17.0. The molecule has 0 spiro atoms. The van der Waals surface area contributed by atoms with Crippen LogP contribution in [0.1, 0.15) is 319 Å². The number of unbranched alkanes of at least 4 members (excludes halogenated alkanes) is 29. The van der Waals surface area contributed by atoms with Gasteiger partial charge in [0.05, 0.1) is 26.4 Å². The molecule has 85 heavy (non-hydrogen) atoms. The van der Waals surface area contributed by atoms with Gasteiger partial charge < -0.3 is 33.8 Å². The number of phosphoric ester groups is 2. The van der Waals surface area contributed by atoms with Crippen LogP contribution in [-0.4, -0.2) is 96.7 Å². The fourth-order valence-corrected chi connectivity index (χ4v) is 11.4. The van der Waals surface area contributed by atoms with Crippen molar-refractivity contribution < 1.29 is 80.2 Å². The molecule has 0 rings (SSSR count). The molecule has 504 valence electrons. The van der Waals surface area contributed by atoms with Crippen molar-refractivity contribution in [1.82, 2.24) is 0 Å². The van der Waals surface area contributed by atoms with E-state index in [9.17, 15) is 43.2 Å². The normalized spacial score (nSPS) is 14.4. The van der Waals surface area contributed by atoms with Crippen molar-refractivity contribution in [2.24, 2.45) is 23.7 Å². The van der Waals surface area contributed by atoms with Gasteiger partial charge in [-0.15, -0.1) is 0 Å². The number of ether oxygens (including phenoxy) is 4. The molecule has 5 atom stereocenters. The van der Waals surface area contributed by atoms with Crippen molar-refractivity contribution in [2.75, 3.05) is 39.6 Å². The van der Waals surface area contributed by atoms with Crippen LogP contribution in [-0.2, 0) is 65.4 Å². The average Bonchev–Trinajstić information content (AvgIpc) is 3.46. The van der Waals surface area contributed by atoms with Gasteiger partial charge in [-0.2, -0.15) is 0 Å². The molecule has 3 unspecified atom stereocenters. The third-order valence-electron chi connectivity index (χ3n) is 15.1. The number of hydrogen-bond donors (Lipinski definition) is 3. The molecule has 0 aliphatic rings. The highest BCUT2D eigenvalue weighted by atomic mass is 31.2. The number of carbonyl (C=O) groups excluding carboxylic acids is 4. The van der Waals surface area contributed by atoms with Gasteiger partial charge in [-0.3, -0.25) is 37.3 Å². The Labute approximate surface area is 517 Å². The van der Waals surface area contributed by atoms with Crippen molar-refractivity contribution in [3.63, 3.8) is 0 Å². The second-order valence-electron chi connectivity index (χ2n) is 25.8. The maximum atomic E-state index is 13.0. The fourth-order valence-electron chi connectivity index (χ4n) is 9.78. The first-order valence-electron chi connectivity index (χ1n) is 34.2. The smallest absolute Gasteiger partial charge is 0.462 e. The van der Waals surface area contributed by atoms with Gasteiger partial charge in [-0.1, -0.05) is 267 Å². The number of aliphatic hydroxyl groups excluding tert-OH is 1. The van der Waals surface area contributed by atoms with Gasteiger partial charge in [0.15, 0.2) is 12.2 Å². The van der Waals surface area contributed by atoms with E-state index in [1.165, 1.54) is 122 Å². The molecule has 0 aliphatic heterocycles. The van der Waals surface area contributed by atoms with Gasteiger partial charge in [-0.25, -0.2) is 9.13 Å². The predicted molar refractivity (Wildman–Crippen MR) is 340 cm³/mol. The van der Waals surface area contributed by atoms with Crippen LogP contribution in [0.2, 0.25) is 0 Å². The lowest BCUT2D eigenvalue weighted by Gasteiger charge is -2.21. The van der Waals surface area contributed by atoms with E-state index >= 15 is 0 Å². The Kier molecular flexibility index (Phi) is 54.8. The minimum absolute atomic E-state index is 0.101. The molecule has 0 aromatic heterocycles. The quantitative estimate of drug-likeness (QED) is 0.0222. The molecule has 17 nitrogen and oxygen atoms in total. The van der Waals surface area contributed by atoms with Gasteiger partial charge >= 0.3 is 39.5 Å². The zero-order valence-corrected chi connectivity index (χ0v) is 57.0. The van der Waals surface area contributed by atoms with Crippen LogP contribution < -0.4 is 0 Å². The molecule has 19 heteroatoms. The van der Waals surface area contributed by atoms with Crippen LogP contribution >= 0.6 is 15.6 Å². The molecular weight excluding hydrogens is 1130 g/mol. The van der Waals surface area contributed by atoms with Crippen molar-refractivity contribution in [2.45, 2.75) is 337 Å². The van der Waals surface area contributed by atoms with Gasteiger partial charge in [-0.05, 0) is 49.4 Å². The Bertz CT molecular complexity index is 1700. The summed E-state index contributed by atoms with van der Waals surface area (Å²) in [6.07, 6.45) is 36.5. The van der Waals surface area contributed by atoms with Gasteiger partial charge in [0, 0.05) is 25.7 Å². The summed E-state index contributed by atoms with van der Waals surface area (Å²) in [6.45, 7) is 13.9. The van der Waals surface area contributed by atoms with Crippen LogP contribution in [0.15, 0.2) is 0 Å². The summed E-state index contributed by atoms with van der Waals surface area (Å²) >= 11 is 0. The lowest BCUT2D eigenvalue weighted by molar-refractivity contribution is -0.161. The monoisotopic (exact) mass is 1250 g/mol. The summed E-state index contributed by atoms with van der Waals surface area (Å²) in [4.78, 5) is 72.3. The Hall–Kier alpha value is -1.94. The number of carbonyl (C=O) groups is 4. The van der Waals surface area contributed by atoms with Crippen LogP contribution in [0.25, 0.3) is 0 Å². The highest BCUT2D eigenvalue weighted by Crippen LogP contribution is 2.45. The maximum Gasteiger partial charge on any atom is 0.472 e. The SMILES string of the molecule is CC(C)CCCCCCCCCCCCCCC(=O)OC[C@H](COP(=O)(O)OCC(O)COP(=O)(O)OC[C@@H](COC(=O)CCCCCCCCCCC(C)C)OC(=O)CCCCCCCCC(C)C)OC(=O)CCCCCCCCCC(C)C. The second kappa shape index (κ2) is 56.1. The molecule has 0 aliphatic carbocycles. The van der Waals surface area contributed by atoms with Crippen molar-refractivity contribution in [1.29, 1.82) is 0 Å². The largest absolute Gasteiger partial charge is 0.472 e. The fraction of sp³-hybridized carbons (Fsp3) is 0.939. The molecule has 0 bridgehead atoms. The Morgan fingerprint density at radius 2 is 0.494 bits per heavy atom. The first-order chi connectivity index (χ1) is 40.6. The molecule has 0 aromatic carbocycles. The van der Waals surface area contributed by atoms with E-state index < -0.39 is 97.5 Å². The molecule has 0 aromatic rings. The van der Waals surface area contributed by atoms with E-state index in [0.29, 0.717) is 37.5 Å². The summed E-state index contributed by atoms with van der Waals surface area (Å²) in [5, 5.41) is 10.5. The molecule has 0 fully saturated rings. The minimum Gasteiger partial charge on any atom is -0.462 e. The zero-order chi connectivity index (χ0) is 63.2. The first kappa shape index (κ1) is 83.1. The number of hydrogen-bond acceptors (Lipinski definition) is 15. The van der Waals surface area contributed by atoms with Crippen molar-refractivity contribution in [3.8, 4) is 0 Å². The lowest BCUT2D eigenvalue weighted by atomic mass is 10.0. The lowest BCUT2D eigenvalue weighted by Crippen LogP contribution is -2.30. The van der Waals surface area contributed by atoms with E-state index in [0.717, 1.165) is 102 Å².